The summed E-state index contributed by atoms with van der Waals surface area (Å²) in [6.45, 7) is 7.14. The highest BCUT2D eigenvalue weighted by molar-refractivity contribution is 9.10. The number of halogens is 1. The summed E-state index contributed by atoms with van der Waals surface area (Å²) in [5, 5.41) is 13.5. The van der Waals surface area contributed by atoms with Crippen LogP contribution in [-0.4, -0.2) is 23.8 Å². The fourth-order valence-electron chi connectivity index (χ4n) is 2.37. The molecule has 0 spiro atoms. The second-order valence-electron chi connectivity index (χ2n) is 5.28. The Kier molecular flexibility index (Phi) is 7.66. The molecule has 2 atom stereocenters. The van der Waals surface area contributed by atoms with Crippen molar-refractivity contribution in [3.8, 4) is 0 Å². The molecule has 0 aliphatic rings. The van der Waals surface area contributed by atoms with Crippen molar-refractivity contribution < 1.29 is 5.11 Å². The molecule has 3 heteroatoms. The summed E-state index contributed by atoms with van der Waals surface area (Å²) in [4.78, 5) is 0. The van der Waals surface area contributed by atoms with Crippen molar-refractivity contribution >= 4 is 15.9 Å². The van der Waals surface area contributed by atoms with Crippen LogP contribution < -0.4 is 5.32 Å². The average molecular weight is 328 g/mol. The van der Waals surface area contributed by atoms with E-state index in [4.69, 9.17) is 0 Å². The Morgan fingerprint density at radius 3 is 2.26 bits per heavy atom. The lowest BCUT2D eigenvalue weighted by Crippen LogP contribution is -2.38. The van der Waals surface area contributed by atoms with E-state index in [1.165, 1.54) is 5.56 Å². The minimum atomic E-state index is -0.234. The summed E-state index contributed by atoms with van der Waals surface area (Å²) in [6.07, 6.45) is 2.84. The molecule has 2 N–H and O–H groups in total. The first-order valence-corrected chi connectivity index (χ1v) is 8.02. The number of aliphatic hydroxyl groups excluding tert-OH is 1. The smallest absolute Gasteiger partial charge is 0.0692 e. The van der Waals surface area contributed by atoms with Gasteiger partial charge < -0.3 is 10.4 Å². The van der Waals surface area contributed by atoms with Crippen LogP contribution >= 0.6 is 15.9 Å². The lowest BCUT2D eigenvalue weighted by molar-refractivity contribution is 0.0988. The number of benzene rings is 1. The van der Waals surface area contributed by atoms with Gasteiger partial charge in [-0.25, -0.2) is 0 Å². The van der Waals surface area contributed by atoms with Crippen LogP contribution in [0.2, 0.25) is 0 Å². The summed E-state index contributed by atoms with van der Waals surface area (Å²) in [6, 6.07) is 8.80. The van der Waals surface area contributed by atoms with Crippen molar-refractivity contribution in [1.82, 2.24) is 5.32 Å². The van der Waals surface area contributed by atoms with Crippen LogP contribution in [0.3, 0.4) is 0 Å². The van der Waals surface area contributed by atoms with Gasteiger partial charge >= 0.3 is 0 Å². The summed E-state index contributed by atoms with van der Waals surface area (Å²) in [5.74, 6) is 0.410. The molecule has 0 heterocycles. The van der Waals surface area contributed by atoms with E-state index in [1.807, 2.05) is 0 Å². The second kappa shape index (κ2) is 8.72. The van der Waals surface area contributed by atoms with Crippen molar-refractivity contribution in [2.75, 3.05) is 6.54 Å². The maximum absolute atomic E-state index is 10.1. The zero-order valence-electron chi connectivity index (χ0n) is 12.2. The van der Waals surface area contributed by atoms with Crippen LogP contribution in [0.4, 0.5) is 0 Å². The molecule has 2 unspecified atom stereocenters. The van der Waals surface area contributed by atoms with Gasteiger partial charge in [0.25, 0.3) is 0 Å². The third-order valence-electron chi connectivity index (χ3n) is 3.72. The largest absolute Gasteiger partial charge is 0.392 e. The van der Waals surface area contributed by atoms with Crippen LogP contribution in [0.1, 0.15) is 39.2 Å². The van der Waals surface area contributed by atoms with E-state index in [-0.39, 0.29) is 6.10 Å². The number of nitrogens with one attached hydrogen (secondary N) is 1. The van der Waals surface area contributed by atoms with E-state index in [2.05, 4.69) is 66.3 Å². The van der Waals surface area contributed by atoms with Crippen molar-refractivity contribution in [3.05, 3.63) is 34.3 Å². The van der Waals surface area contributed by atoms with Gasteiger partial charge in [-0.3, -0.25) is 0 Å². The Labute approximate surface area is 125 Å². The maximum Gasteiger partial charge on any atom is 0.0692 e. The number of hydrogen-bond acceptors (Lipinski definition) is 2. The van der Waals surface area contributed by atoms with Gasteiger partial charge in [0, 0.05) is 17.1 Å². The third kappa shape index (κ3) is 6.07. The van der Waals surface area contributed by atoms with E-state index in [9.17, 15) is 5.11 Å². The SMILES string of the molecule is CCC(CC)C(O)CNC(C)Cc1ccc(Br)cc1. The number of hydrogen-bond donors (Lipinski definition) is 2. The van der Waals surface area contributed by atoms with Crippen LogP contribution in [0.15, 0.2) is 28.7 Å². The minimum absolute atomic E-state index is 0.234. The highest BCUT2D eigenvalue weighted by Gasteiger charge is 2.15. The highest BCUT2D eigenvalue weighted by Crippen LogP contribution is 2.14. The van der Waals surface area contributed by atoms with Gasteiger partial charge in [-0.1, -0.05) is 54.8 Å². The normalized spacial score (nSPS) is 14.6. The molecule has 1 aromatic carbocycles. The maximum atomic E-state index is 10.1. The Balaban J connectivity index is 2.35. The molecule has 0 saturated heterocycles. The van der Waals surface area contributed by atoms with Crippen molar-refractivity contribution in [3.63, 3.8) is 0 Å². The Hall–Kier alpha value is -0.380. The Morgan fingerprint density at radius 1 is 1.16 bits per heavy atom. The summed E-state index contributed by atoms with van der Waals surface area (Å²) < 4.78 is 1.11. The first-order valence-electron chi connectivity index (χ1n) is 7.22. The van der Waals surface area contributed by atoms with Gasteiger partial charge in [-0.15, -0.1) is 0 Å². The molecular weight excluding hydrogens is 302 g/mol. The van der Waals surface area contributed by atoms with Crippen molar-refractivity contribution in [2.24, 2.45) is 5.92 Å². The summed E-state index contributed by atoms with van der Waals surface area (Å²) >= 11 is 3.44. The molecule has 108 valence electrons. The quantitative estimate of drug-likeness (QED) is 0.761. The molecule has 0 aliphatic carbocycles. The van der Waals surface area contributed by atoms with Gasteiger partial charge in [0.2, 0.25) is 0 Å². The van der Waals surface area contributed by atoms with Gasteiger partial charge in [0.05, 0.1) is 6.10 Å². The van der Waals surface area contributed by atoms with E-state index < -0.39 is 0 Å². The first kappa shape index (κ1) is 16.7. The lowest BCUT2D eigenvalue weighted by Gasteiger charge is -2.23. The van der Waals surface area contributed by atoms with E-state index in [1.54, 1.807) is 0 Å². The highest BCUT2D eigenvalue weighted by atomic mass is 79.9. The van der Waals surface area contributed by atoms with Gasteiger partial charge in [0.1, 0.15) is 0 Å². The molecular formula is C16H26BrNO. The molecule has 0 radical (unpaired) electrons. The molecule has 2 nitrogen and oxygen atoms in total. The second-order valence-corrected chi connectivity index (χ2v) is 6.20. The molecule has 0 bridgehead atoms. The van der Waals surface area contributed by atoms with Gasteiger partial charge in [-0.2, -0.15) is 0 Å². The van der Waals surface area contributed by atoms with E-state index >= 15 is 0 Å². The molecule has 19 heavy (non-hydrogen) atoms. The first-order chi connectivity index (χ1) is 9.06. The standard InChI is InChI=1S/C16H26BrNO/c1-4-14(5-2)16(19)11-18-12(3)10-13-6-8-15(17)9-7-13/h6-9,12,14,16,18-19H,4-5,10-11H2,1-3H3. The minimum Gasteiger partial charge on any atom is -0.392 e. The molecule has 1 rings (SSSR count). The van der Waals surface area contributed by atoms with Gasteiger partial charge in [0.15, 0.2) is 0 Å². The van der Waals surface area contributed by atoms with Crippen LogP contribution in [0.25, 0.3) is 0 Å². The zero-order valence-corrected chi connectivity index (χ0v) is 13.8. The number of rotatable bonds is 8. The molecule has 0 saturated carbocycles. The molecule has 0 fully saturated rings. The van der Waals surface area contributed by atoms with Crippen molar-refractivity contribution in [2.45, 2.75) is 52.2 Å². The molecule has 0 aromatic heterocycles. The molecule has 0 aliphatic heterocycles. The average Bonchev–Trinajstić information content (AvgIpc) is 2.40. The molecule has 0 amide bonds. The third-order valence-corrected chi connectivity index (χ3v) is 4.25. The van der Waals surface area contributed by atoms with Crippen LogP contribution in [0, 0.1) is 5.92 Å². The van der Waals surface area contributed by atoms with Crippen molar-refractivity contribution in [1.29, 1.82) is 0 Å². The fourth-order valence-corrected chi connectivity index (χ4v) is 2.63. The fraction of sp³-hybridized carbons (Fsp3) is 0.625. The van der Waals surface area contributed by atoms with E-state index in [0.717, 1.165) is 23.7 Å². The Bertz CT molecular complexity index is 348. The monoisotopic (exact) mass is 327 g/mol. The zero-order chi connectivity index (χ0) is 14.3. The van der Waals surface area contributed by atoms with E-state index in [0.29, 0.717) is 18.5 Å². The van der Waals surface area contributed by atoms with Crippen LogP contribution in [0.5, 0.6) is 0 Å². The van der Waals surface area contributed by atoms with Crippen LogP contribution in [-0.2, 0) is 6.42 Å². The lowest BCUT2D eigenvalue weighted by atomic mass is 9.96. The van der Waals surface area contributed by atoms with Gasteiger partial charge in [-0.05, 0) is 37.0 Å². The molecule has 1 aromatic rings. The summed E-state index contributed by atoms with van der Waals surface area (Å²) in [5.41, 5.74) is 1.32. The number of aliphatic hydroxyl groups is 1. The predicted octanol–water partition coefficient (Wildman–Crippen LogP) is 3.77. The predicted molar refractivity (Wildman–Crippen MR) is 85.4 cm³/mol. The summed E-state index contributed by atoms with van der Waals surface area (Å²) in [7, 11) is 0. The Morgan fingerprint density at radius 2 is 1.74 bits per heavy atom. The topological polar surface area (TPSA) is 32.3 Å².